The van der Waals surface area contributed by atoms with Crippen LogP contribution in [0.3, 0.4) is 0 Å². The SMILES string of the molecule is COc1cc([C@@H]2C[C@H]2CN)cc(Br)c1O. The van der Waals surface area contributed by atoms with Crippen LogP contribution in [0.5, 0.6) is 11.5 Å². The molecule has 4 heteroatoms. The number of phenolic OH excluding ortho intramolecular Hbond substituents is 1. The summed E-state index contributed by atoms with van der Waals surface area (Å²) in [5, 5.41) is 9.65. The number of hydrogen-bond acceptors (Lipinski definition) is 3. The molecule has 0 amide bonds. The van der Waals surface area contributed by atoms with Crippen LogP contribution in [0.1, 0.15) is 17.9 Å². The first-order valence-electron chi connectivity index (χ1n) is 4.93. The van der Waals surface area contributed by atoms with E-state index in [0.717, 1.165) is 13.0 Å². The molecule has 3 N–H and O–H groups in total. The number of rotatable bonds is 3. The normalized spacial score (nSPS) is 23.9. The third-order valence-electron chi connectivity index (χ3n) is 2.92. The molecule has 0 heterocycles. The smallest absolute Gasteiger partial charge is 0.172 e. The molecule has 15 heavy (non-hydrogen) atoms. The first-order valence-corrected chi connectivity index (χ1v) is 5.73. The topological polar surface area (TPSA) is 55.5 Å². The van der Waals surface area contributed by atoms with E-state index in [4.69, 9.17) is 10.5 Å². The van der Waals surface area contributed by atoms with E-state index in [0.29, 0.717) is 22.1 Å². The Hall–Kier alpha value is -0.740. The van der Waals surface area contributed by atoms with Crippen LogP contribution in [-0.4, -0.2) is 18.8 Å². The molecule has 0 bridgehead atoms. The van der Waals surface area contributed by atoms with Crippen molar-refractivity contribution < 1.29 is 9.84 Å². The maximum atomic E-state index is 9.65. The first kappa shape index (κ1) is 10.8. The minimum absolute atomic E-state index is 0.159. The number of halogens is 1. The zero-order valence-corrected chi connectivity index (χ0v) is 10.1. The summed E-state index contributed by atoms with van der Waals surface area (Å²) in [5.41, 5.74) is 6.79. The number of aromatic hydroxyl groups is 1. The number of phenols is 1. The summed E-state index contributed by atoms with van der Waals surface area (Å²) in [5.74, 6) is 1.79. The number of benzene rings is 1. The van der Waals surface area contributed by atoms with Gasteiger partial charge >= 0.3 is 0 Å². The molecule has 1 aliphatic rings. The van der Waals surface area contributed by atoms with Crippen molar-refractivity contribution in [1.82, 2.24) is 0 Å². The van der Waals surface area contributed by atoms with E-state index >= 15 is 0 Å². The highest BCUT2D eigenvalue weighted by Gasteiger charge is 2.37. The molecule has 0 saturated heterocycles. The van der Waals surface area contributed by atoms with Gasteiger partial charge in [-0.15, -0.1) is 0 Å². The fraction of sp³-hybridized carbons (Fsp3) is 0.455. The van der Waals surface area contributed by atoms with E-state index in [2.05, 4.69) is 15.9 Å². The Morgan fingerprint density at radius 3 is 2.87 bits per heavy atom. The second-order valence-corrected chi connectivity index (χ2v) is 4.75. The average Bonchev–Trinajstić information content (AvgIpc) is 3.01. The summed E-state index contributed by atoms with van der Waals surface area (Å²) >= 11 is 3.31. The van der Waals surface area contributed by atoms with Crippen molar-refractivity contribution in [2.45, 2.75) is 12.3 Å². The molecule has 0 aromatic heterocycles. The lowest BCUT2D eigenvalue weighted by Crippen LogP contribution is -2.02. The van der Waals surface area contributed by atoms with Gasteiger partial charge in [-0.2, -0.15) is 0 Å². The minimum Gasteiger partial charge on any atom is -0.503 e. The molecular weight excluding hydrogens is 258 g/mol. The zero-order valence-electron chi connectivity index (χ0n) is 8.53. The van der Waals surface area contributed by atoms with Crippen molar-refractivity contribution >= 4 is 15.9 Å². The van der Waals surface area contributed by atoms with Crippen LogP contribution >= 0.6 is 15.9 Å². The van der Waals surface area contributed by atoms with E-state index in [9.17, 15) is 5.11 Å². The quantitative estimate of drug-likeness (QED) is 0.887. The lowest BCUT2D eigenvalue weighted by Gasteiger charge is -2.08. The number of ether oxygens (including phenoxy) is 1. The lowest BCUT2D eigenvalue weighted by atomic mass is 10.1. The van der Waals surface area contributed by atoms with Gasteiger partial charge in [0.05, 0.1) is 11.6 Å². The summed E-state index contributed by atoms with van der Waals surface area (Å²) in [7, 11) is 1.55. The van der Waals surface area contributed by atoms with Gasteiger partial charge < -0.3 is 15.6 Å². The minimum atomic E-state index is 0.159. The van der Waals surface area contributed by atoms with E-state index in [1.54, 1.807) is 7.11 Å². The van der Waals surface area contributed by atoms with E-state index in [-0.39, 0.29) is 5.75 Å². The Labute approximate surface area is 97.4 Å². The molecule has 0 spiro atoms. The van der Waals surface area contributed by atoms with Gasteiger partial charge in [-0.3, -0.25) is 0 Å². The molecule has 1 fully saturated rings. The first-order chi connectivity index (χ1) is 7.17. The molecule has 2 atom stereocenters. The van der Waals surface area contributed by atoms with Crippen LogP contribution in [-0.2, 0) is 0 Å². The number of nitrogens with two attached hydrogens (primary N) is 1. The van der Waals surface area contributed by atoms with Gasteiger partial charge in [-0.25, -0.2) is 0 Å². The van der Waals surface area contributed by atoms with E-state index in [1.807, 2.05) is 12.1 Å². The van der Waals surface area contributed by atoms with Gasteiger partial charge in [0.1, 0.15) is 0 Å². The van der Waals surface area contributed by atoms with Crippen LogP contribution < -0.4 is 10.5 Å². The largest absolute Gasteiger partial charge is 0.503 e. The molecule has 82 valence electrons. The molecule has 3 nitrogen and oxygen atoms in total. The van der Waals surface area contributed by atoms with Crippen LogP contribution in [0.2, 0.25) is 0 Å². The van der Waals surface area contributed by atoms with Crippen LogP contribution in [0.4, 0.5) is 0 Å². The van der Waals surface area contributed by atoms with Gasteiger partial charge in [-0.1, -0.05) is 0 Å². The Morgan fingerprint density at radius 1 is 1.60 bits per heavy atom. The predicted molar refractivity (Wildman–Crippen MR) is 62.3 cm³/mol. The molecule has 1 aromatic rings. The predicted octanol–water partition coefficient (Wildman–Crippen LogP) is 2.23. The molecule has 1 aromatic carbocycles. The fourth-order valence-electron chi connectivity index (χ4n) is 1.88. The zero-order chi connectivity index (χ0) is 11.0. The van der Waals surface area contributed by atoms with Crippen molar-refractivity contribution in [2.24, 2.45) is 11.7 Å². The number of hydrogen-bond donors (Lipinski definition) is 2. The molecule has 0 unspecified atom stereocenters. The summed E-state index contributed by atoms with van der Waals surface area (Å²) < 4.78 is 5.78. The second kappa shape index (κ2) is 4.02. The summed E-state index contributed by atoms with van der Waals surface area (Å²) in [6, 6.07) is 3.83. The maximum Gasteiger partial charge on any atom is 0.172 e. The Balaban J connectivity index is 2.30. The van der Waals surface area contributed by atoms with Crippen LogP contribution in [0.25, 0.3) is 0 Å². The van der Waals surface area contributed by atoms with Gasteiger partial charge in [0.15, 0.2) is 11.5 Å². The maximum absolute atomic E-state index is 9.65. The van der Waals surface area contributed by atoms with Crippen LogP contribution in [0, 0.1) is 5.92 Å². The summed E-state index contributed by atoms with van der Waals surface area (Å²) in [4.78, 5) is 0. The highest BCUT2D eigenvalue weighted by atomic mass is 79.9. The molecular formula is C11H14BrNO2. The van der Waals surface area contributed by atoms with E-state index in [1.165, 1.54) is 5.56 Å². The third kappa shape index (κ3) is 1.96. The Kier molecular flexibility index (Phi) is 2.89. The summed E-state index contributed by atoms with van der Waals surface area (Å²) in [6.45, 7) is 0.728. The highest BCUT2D eigenvalue weighted by molar-refractivity contribution is 9.10. The van der Waals surface area contributed by atoms with Crippen molar-refractivity contribution in [1.29, 1.82) is 0 Å². The molecule has 1 saturated carbocycles. The fourth-order valence-corrected chi connectivity index (χ4v) is 2.34. The van der Waals surface area contributed by atoms with Gasteiger partial charge in [0.25, 0.3) is 0 Å². The van der Waals surface area contributed by atoms with Crippen molar-refractivity contribution in [2.75, 3.05) is 13.7 Å². The lowest BCUT2D eigenvalue weighted by molar-refractivity contribution is 0.371. The van der Waals surface area contributed by atoms with Gasteiger partial charge in [0, 0.05) is 0 Å². The van der Waals surface area contributed by atoms with Crippen LogP contribution in [0.15, 0.2) is 16.6 Å². The second-order valence-electron chi connectivity index (χ2n) is 3.89. The average molecular weight is 272 g/mol. The molecule has 0 radical (unpaired) electrons. The van der Waals surface area contributed by atoms with Gasteiger partial charge in [-0.05, 0) is 58.4 Å². The monoisotopic (exact) mass is 271 g/mol. The van der Waals surface area contributed by atoms with Gasteiger partial charge in [0.2, 0.25) is 0 Å². The number of methoxy groups -OCH3 is 1. The molecule has 2 rings (SSSR count). The van der Waals surface area contributed by atoms with Crippen molar-refractivity contribution in [3.63, 3.8) is 0 Å². The Morgan fingerprint density at radius 2 is 2.33 bits per heavy atom. The van der Waals surface area contributed by atoms with E-state index < -0.39 is 0 Å². The Bertz CT molecular complexity index is 381. The molecule has 0 aliphatic heterocycles. The standard InChI is InChI=1S/C11H14BrNO2/c1-15-10-4-6(3-9(12)11(10)14)8-2-7(8)5-13/h3-4,7-8,14H,2,5,13H2,1H3/t7-,8-/m0/s1. The molecule has 1 aliphatic carbocycles. The van der Waals surface area contributed by atoms with Crippen molar-refractivity contribution in [3.8, 4) is 11.5 Å². The summed E-state index contributed by atoms with van der Waals surface area (Å²) in [6.07, 6.45) is 1.14. The van der Waals surface area contributed by atoms with Crippen molar-refractivity contribution in [3.05, 3.63) is 22.2 Å². The third-order valence-corrected chi connectivity index (χ3v) is 3.53. The highest BCUT2D eigenvalue weighted by Crippen LogP contribution is 2.49.